The standard InChI is InChI=1S/C27H27N3O3/c1-3-28-17-18-10-13-21(14-11-18)29-25(19-8-6-5-7-9-19)24-22-15-12-20(27(32)33-4-2)16-23(22)30-26(24)31/h5-16,24,28H,3-4,17H2,1-2H3,(H,30,31). The van der Waals surface area contributed by atoms with Gasteiger partial charge in [0.25, 0.3) is 0 Å². The summed E-state index contributed by atoms with van der Waals surface area (Å²) in [7, 11) is 0. The van der Waals surface area contributed by atoms with Crippen LogP contribution in [-0.2, 0) is 16.1 Å². The number of ether oxygens (including phenoxy) is 1. The molecule has 168 valence electrons. The lowest BCUT2D eigenvalue weighted by atomic mass is 9.90. The van der Waals surface area contributed by atoms with E-state index in [0.29, 0.717) is 23.6 Å². The topological polar surface area (TPSA) is 79.8 Å². The predicted octanol–water partition coefficient (Wildman–Crippen LogP) is 4.83. The van der Waals surface area contributed by atoms with Gasteiger partial charge in [-0.1, -0.05) is 55.5 Å². The van der Waals surface area contributed by atoms with Crippen molar-refractivity contribution in [2.75, 3.05) is 18.5 Å². The molecule has 6 heteroatoms. The molecule has 1 unspecified atom stereocenters. The second-order valence-corrected chi connectivity index (χ2v) is 7.75. The highest BCUT2D eigenvalue weighted by molar-refractivity contribution is 6.24. The van der Waals surface area contributed by atoms with Crippen LogP contribution in [0.25, 0.3) is 0 Å². The molecular weight excluding hydrogens is 414 g/mol. The Morgan fingerprint density at radius 3 is 2.45 bits per heavy atom. The van der Waals surface area contributed by atoms with Gasteiger partial charge >= 0.3 is 5.97 Å². The fourth-order valence-electron chi connectivity index (χ4n) is 3.88. The molecule has 0 aliphatic carbocycles. The number of nitrogens with one attached hydrogen (secondary N) is 2. The minimum Gasteiger partial charge on any atom is -0.462 e. The monoisotopic (exact) mass is 441 g/mol. The highest BCUT2D eigenvalue weighted by Gasteiger charge is 2.36. The van der Waals surface area contributed by atoms with Crippen molar-refractivity contribution in [1.82, 2.24) is 5.32 Å². The maximum Gasteiger partial charge on any atom is 0.338 e. The SMILES string of the molecule is CCNCc1ccc(N=C(c2ccccc2)C2C(=O)Nc3cc(C(=O)OCC)ccc32)cc1. The first-order chi connectivity index (χ1) is 16.1. The summed E-state index contributed by atoms with van der Waals surface area (Å²) >= 11 is 0. The van der Waals surface area contributed by atoms with E-state index in [1.807, 2.05) is 60.7 Å². The van der Waals surface area contributed by atoms with Gasteiger partial charge in [-0.15, -0.1) is 0 Å². The van der Waals surface area contributed by atoms with Crippen LogP contribution in [0, 0.1) is 0 Å². The van der Waals surface area contributed by atoms with Crippen molar-refractivity contribution in [3.63, 3.8) is 0 Å². The highest BCUT2D eigenvalue weighted by Crippen LogP contribution is 2.37. The number of nitrogens with zero attached hydrogens (tertiary/aromatic N) is 1. The zero-order valence-corrected chi connectivity index (χ0v) is 18.8. The first-order valence-electron chi connectivity index (χ1n) is 11.2. The van der Waals surface area contributed by atoms with Crippen molar-refractivity contribution in [2.45, 2.75) is 26.3 Å². The van der Waals surface area contributed by atoms with Gasteiger partial charge in [-0.05, 0) is 54.4 Å². The lowest BCUT2D eigenvalue weighted by Crippen LogP contribution is -2.21. The summed E-state index contributed by atoms with van der Waals surface area (Å²) in [6.07, 6.45) is 0. The number of hydrogen-bond donors (Lipinski definition) is 2. The fraction of sp³-hybridized carbons (Fsp3) is 0.222. The van der Waals surface area contributed by atoms with E-state index in [-0.39, 0.29) is 5.91 Å². The minimum atomic E-state index is -0.583. The summed E-state index contributed by atoms with van der Waals surface area (Å²) in [6, 6.07) is 22.9. The highest BCUT2D eigenvalue weighted by atomic mass is 16.5. The van der Waals surface area contributed by atoms with Crippen LogP contribution < -0.4 is 10.6 Å². The Morgan fingerprint density at radius 1 is 1.00 bits per heavy atom. The van der Waals surface area contributed by atoms with Crippen molar-refractivity contribution >= 4 is 29.0 Å². The van der Waals surface area contributed by atoms with Gasteiger partial charge in [-0.2, -0.15) is 0 Å². The Hall–Kier alpha value is -3.77. The molecular formula is C27H27N3O3. The Bertz CT molecular complexity index is 1170. The van der Waals surface area contributed by atoms with Crippen LogP contribution in [0.5, 0.6) is 0 Å². The molecule has 1 amide bonds. The molecule has 1 aliphatic heterocycles. The van der Waals surface area contributed by atoms with Gasteiger partial charge in [0.05, 0.1) is 23.6 Å². The zero-order valence-electron chi connectivity index (χ0n) is 18.8. The van der Waals surface area contributed by atoms with Gasteiger partial charge in [0.15, 0.2) is 0 Å². The maximum absolute atomic E-state index is 13.1. The number of amides is 1. The molecule has 1 heterocycles. The number of fused-ring (bicyclic) bond motifs is 1. The van der Waals surface area contributed by atoms with Gasteiger partial charge in [0.2, 0.25) is 5.91 Å². The van der Waals surface area contributed by atoms with Crippen molar-refractivity contribution in [2.24, 2.45) is 4.99 Å². The average Bonchev–Trinajstić information content (AvgIpc) is 3.17. The van der Waals surface area contributed by atoms with Crippen molar-refractivity contribution in [3.8, 4) is 0 Å². The van der Waals surface area contributed by atoms with E-state index < -0.39 is 11.9 Å². The zero-order chi connectivity index (χ0) is 23.2. The third-order valence-corrected chi connectivity index (χ3v) is 5.50. The van der Waals surface area contributed by atoms with Crippen molar-refractivity contribution in [3.05, 3.63) is 95.1 Å². The molecule has 3 aromatic rings. The van der Waals surface area contributed by atoms with Crippen LogP contribution in [0.2, 0.25) is 0 Å². The number of rotatable bonds is 8. The minimum absolute atomic E-state index is 0.169. The van der Waals surface area contributed by atoms with Gasteiger partial charge < -0.3 is 15.4 Å². The molecule has 1 aliphatic rings. The molecule has 0 radical (unpaired) electrons. The molecule has 4 rings (SSSR count). The summed E-state index contributed by atoms with van der Waals surface area (Å²) in [5.74, 6) is -1.16. The molecule has 0 spiro atoms. The van der Waals surface area contributed by atoms with E-state index in [0.717, 1.165) is 29.9 Å². The van der Waals surface area contributed by atoms with Crippen LogP contribution in [0.15, 0.2) is 77.8 Å². The third-order valence-electron chi connectivity index (χ3n) is 5.50. The van der Waals surface area contributed by atoms with Gasteiger partial charge in [0, 0.05) is 12.2 Å². The normalized spacial score (nSPS) is 15.2. The average molecular weight is 442 g/mol. The largest absolute Gasteiger partial charge is 0.462 e. The molecule has 0 saturated heterocycles. The number of benzene rings is 3. The maximum atomic E-state index is 13.1. The Morgan fingerprint density at radius 2 is 1.76 bits per heavy atom. The molecule has 0 bridgehead atoms. The lowest BCUT2D eigenvalue weighted by Gasteiger charge is -2.14. The van der Waals surface area contributed by atoms with E-state index in [2.05, 4.69) is 17.6 Å². The van der Waals surface area contributed by atoms with Crippen LogP contribution in [0.1, 0.15) is 46.8 Å². The molecule has 2 N–H and O–H groups in total. The Balaban J connectivity index is 1.73. The summed E-state index contributed by atoms with van der Waals surface area (Å²) in [5.41, 5.74) is 5.29. The number of esters is 1. The molecule has 33 heavy (non-hydrogen) atoms. The summed E-state index contributed by atoms with van der Waals surface area (Å²) < 4.78 is 5.09. The van der Waals surface area contributed by atoms with E-state index in [1.165, 1.54) is 5.56 Å². The summed E-state index contributed by atoms with van der Waals surface area (Å²) in [4.78, 5) is 30.1. The van der Waals surface area contributed by atoms with Crippen molar-refractivity contribution in [1.29, 1.82) is 0 Å². The Labute approximate surface area is 193 Å². The number of aliphatic imine (C=N–C) groups is 1. The van der Waals surface area contributed by atoms with Crippen LogP contribution in [0.4, 0.5) is 11.4 Å². The molecule has 3 aromatic carbocycles. The van der Waals surface area contributed by atoms with E-state index in [4.69, 9.17) is 9.73 Å². The van der Waals surface area contributed by atoms with Gasteiger partial charge in [0.1, 0.15) is 5.92 Å². The molecule has 1 atom stereocenters. The summed E-state index contributed by atoms with van der Waals surface area (Å²) in [6.45, 7) is 5.84. The van der Waals surface area contributed by atoms with Gasteiger partial charge in [-0.25, -0.2) is 4.79 Å². The lowest BCUT2D eigenvalue weighted by molar-refractivity contribution is -0.115. The quantitative estimate of drug-likeness (QED) is 0.388. The predicted molar refractivity (Wildman–Crippen MR) is 130 cm³/mol. The van der Waals surface area contributed by atoms with Crippen LogP contribution in [0.3, 0.4) is 0 Å². The van der Waals surface area contributed by atoms with Crippen LogP contribution in [-0.4, -0.2) is 30.7 Å². The van der Waals surface area contributed by atoms with Crippen molar-refractivity contribution < 1.29 is 14.3 Å². The van der Waals surface area contributed by atoms with E-state index in [9.17, 15) is 9.59 Å². The van der Waals surface area contributed by atoms with E-state index >= 15 is 0 Å². The second kappa shape index (κ2) is 10.2. The molecule has 0 fully saturated rings. The third kappa shape index (κ3) is 5.02. The van der Waals surface area contributed by atoms with Gasteiger partial charge in [-0.3, -0.25) is 9.79 Å². The van der Waals surface area contributed by atoms with Crippen LogP contribution >= 0.6 is 0 Å². The first-order valence-corrected chi connectivity index (χ1v) is 11.2. The smallest absolute Gasteiger partial charge is 0.338 e. The number of carbonyl (C=O) groups is 2. The molecule has 0 aromatic heterocycles. The fourth-order valence-corrected chi connectivity index (χ4v) is 3.88. The second-order valence-electron chi connectivity index (χ2n) is 7.75. The number of hydrogen-bond acceptors (Lipinski definition) is 5. The van der Waals surface area contributed by atoms with E-state index in [1.54, 1.807) is 19.1 Å². The summed E-state index contributed by atoms with van der Waals surface area (Å²) in [5, 5.41) is 6.23. The number of anilines is 1. The molecule has 6 nitrogen and oxygen atoms in total. The number of carbonyl (C=O) groups excluding carboxylic acids is 2. The first kappa shape index (κ1) is 22.4. The molecule has 0 saturated carbocycles. The Kier molecular flexibility index (Phi) is 6.95.